The molecule has 5 heteroatoms. The third-order valence-electron chi connectivity index (χ3n) is 3.75. The van der Waals surface area contributed by atoms with Crippen molar-refractivity contribution in [1.82, 2.24) is 15.5 Å². The smallest absolute Gasteiger partial charge is 0.245 e. The van der Waals surface area contributed by atoms with Crippen molar-refractivity contribution in [3.8, 4) is 0 Å². The Morgan fingerprint density at radius 2 is 2.28 bits per heavy atom. The summed E-state index contributed by atoms with van der Waals surface area (Å²) in [4.78, 5) is 25.7. The molecular formula is C13H23N3O2. The summed E-state index contributed by atoms with van der Waals surface area (Å²) >= 11 is 0. The Morgan fingerprint density at radius 1 is 1.44 bits per heavy atom. The molecule has 0 aliphatic carbocycles. The van der Waals surface area contributed by atoms with Gasteiger partial charge in [0.25, 0.3) is 0 Å². The Balaban J connectivity index is 1.99. The number of rotatable bonds is 4. The highest BCUT2D eigenvalue weighted by Gasteiger charge is 2.33. The number of hydrogen-bond donors (Lipinski definition) is 2. The van der Waals surface area contributed by atoms with Crippen molar-refractivity contribution >= 4 is 11.8 Å². The van der Waals surface area contributed by atoms with Gasteiger partial charge in [-0.15, -0.1) is 0 Å². The number of nitrogens with zero attached hydrogens (tertiary/aromatic N) is 1. The quantitative estimate of drug-likeness (QED) is 0.755. The molecule has 2 saturated heterocycles. The minimum Gasteiger partial charge on any atom is -0.344 e. The molecule has 0 aromatic heterocycles. The molecule has 2 rings (SSSR count). The van der Waals surface area contributed by atoms with Gasteiger partial charge >= 0.3 is 0 Å². The summed E-state index contributed by atoms with van der Waals surface area (Å²) in [5.41, 5.74) is 0. The van der Waals surface area contributed by atoms with Crippen molar-refractivity contribution in [3.63, 3.8) is 0 Å². The molecule has 0 spiro atoms. The van der Waals surface area contributed by atoms with E-state index in [0.29, 0.717) is 18.9 Å². The molecule has 2 aliphatic heterocycles. The van der Waals surface area contributed by atoms with Crippen LogP contribution in [-0.2, 0) is 9.59 Å². The van der Waals surface area contributed by atoms with E-state index in [1.54, 1.807) is 0 Å². The van der Waals surface area contributed by atoms with Crippen molar-refractivity contribution in [1.29, 1.82) is 0 Å². The number of piperidine rings is 1. The van der Waals surface area contributed by atoms with Crippen molar-refractivity contribution < 1.29 is 9.59 Å². The van der Waals surface area contributed by atoms with Crippen LogP contribution in [0.2, 0.25) is 0 Å². The zero-order valence-electron chi connectivity index (χ0n) is 11.1. The molecule has 0 saturated carbocycles. The van der Waals surface area contributed by atoms with Gasteiger partial charge in [-0.2, -0.15) is 0 Å². The van der Waals surface area contributed by atoms with Gasteiger partial charge in [-0.1, -0.05) is 6.92 Å². The zero-order valence-corrected chi connectivity index (χ0v) is 11.1. The number of carbonyl (C=O) groups is 2. The summed E-state index contributed by atoms with van der Waals surface area (Å²) in [6.07, 6.45) is 4.29. The Morgan fingerprint density at radius 3 is 2.83 bits per heavy atom. The van der Waals surface area contributed by atoms with Crippen molar-refractivity contribution in [2.45, 2.75) is 51.1 Å². The molecular weight excluding hydrogens is 230 g/mol. The average molecular weight is 253 g/mol. The molecule has 2 atom stereocenters. The van der Waals surface area contributed by atoms with Gasteiger partial charge < -0.3 is 15.5 Å². The van der Waals surface area contributed by atoms with Crippen LogP contribution in [0, 0.1) is 0 Å². The maximum Gasteiger partial charge on any atom is 0.245 e. The largest absolute Gasteiger partial charge is 0.344 e. The molecule has 2 heterocycles. The Kier molecular flexibility index (Phi) is 4.58. The first-order chi connectivity index (χ1) is 8.72. The lowest BCUT2D eigenvalue weighted by molar-refractivity contribution is -0.137. The van der Waals surface area contributed by atoms with Crippen LogP contribution in [0.1, 0.15) is 39.0 Å². The molecule has 2 aliphatic rings. The normalized spacial score (nSPS) is 27.9. The summed E-state index contributed by atoms with van der Waals surface area (Å²) in [6, 6.07) is 0.00896. The van der Waals surface area contributed by atoms with Crippen molar-refractivity contribution in [2.75, 3.05) is 19.6 Å². The standard InChI is InChI=1S/C13H23N3O2/c1-2-8-16(10-4-3-7-14-9-10)13(18)11-5-6-12(17)15-11/h10-11,14H,2-9H2,1H3,(H,15,17). The van der Waals surface area contributed by atoms with Crippen molar-refractivity contribution in [2.24, 2.45) is 0 Å². The number of nitrogens with one attached hydrogen (secondary N) is 2. The third-order valence-corrected chi connectivity index (χ3v) is 3.75. The molecule has 0 bridgehead atoms. The van der Waals surface area contributed by atoms with E-state index in [9.17, 15) is 9.59 Å². The van der Waals surface area contributed by atoms with Crippen LogP contribution >= 0.6 is 0 Å². The van der Waals surface area contributed by atoms with Gasteiger partial charge in [-0.25, -0.2) is 0 Å². The molecule has 0 aromatic rings. The van der Waals surface area contributed by atoms with Gasteiger partial charge in [0.1, 0.15) is 6.04 Å². The van der Waals surface area contributed by atoms with Crippen LogP contribution in [0.3, 0.4) is 0 Å². The van der Waals surface area contributed by atoms with E-state index in [-0.39, 0.29) is 17.9 Å². The first kappa shape index (κ1) is 13.3. The number of hydrogen-bond acceptors (Lipinski definition) is 3. The van der Waals surface area contributed by atoms with Gasteiger partial charge in [0.15, 0.2) is 0 Å². The molecule has 5 nitrogen and oxygen atoms in total. The van der Waals surface area contributed by atoms with Gasteiger partial charge in [0.2, 0.25) is 11.8 Å². The second kappa shape index (κ2) is 6.18. The third kappa shape index (κ3) is 3.02. The van der Waals surface area contributed by atoms with Crippen LogP contribution in [0.5, 0.6) is 0 Å². The Bertz CT molecular complexity index is 313. The van der Waals surface area contributed by atoms with E-state index in [2.05, 4.69) is 17.6 Å². The molecule has 0 aromatic carbocycles. The highest BCUT2D eigenvalue weighted by Crippen LogP contribution is 2.16. The van der Waals surface area contributed by atoms with Crippen LogP contribution < -0.4 is 10.6 Å². The van der Waals surface area contributed by atoms with E-state index in [0.717, 1.165) is 38.9 Å². The second-order valence-corrected chi connectivity index (χ2v) is 5.19. The van der Waals surface area contributed by atoms with Crippen LogP contribution in [0.25, 0.3) is 0 Å². The van der Waals surface area contributed by atoms with Gasteiger partial charge in [-0.05, 0) is 32.2 Å². The molecule has 2 unspecified atom stereocenters. The molecule has 2 fully saturated rings. The van der Waals surface area contributed by atoms with E-state index in [1.807, 2.05) is 4.90 Å². The number of carbonyl (C=O) groups excluding carboxylic acids is 2. The van der Waals surface area contributed by atoms with Crippen LogP contribution in [0.4, 0.5) is 0 Å². The zero-order chi connectivity index (χ0) is 13.0. The maximum absolute atomic E-state index is 12.5. The average Bonchev–Trinajstić information content (AvgIpc) is 2.83. The van der Waals surface area contributed by atoms with Gasteiger partial charge in [0.05, 0.1) is 0 Å². The van der Waals surface area contributed by atoms with Gasteiger partial charge in [-0.3, -0.25) is 9.59 Å². The summed E-state index contributed by atoms with van der Waals surface area (Å²) in [6.45, 7) is 4.80. The predicted octanol–water partition coefficient (Wildman–Crippen LogP) is 0.256. The molecule has 18 heavy (non-hydrogen) atoms. The maximum atomic E-state index is 12.5. The highest BCUT2D eigenvalue weighted by atomic mass is 16.2. The fourth-order valence-electron chi connectivity index (χ4n) is 2.81. The van der Waals surface area contributed by atoms with E-state index in [1.165, 1.54) is 0 Å². The SMILES string of the molecule is CCCN(C(=O)C1CCC(=O)N1)C1CCCNC1. The lowest BCUT2D eigenvalue weighted by atomic mass is 10.0. The lowest BCUT2D eigenvalue weighted by Gasteiger charge is -2.36. The summed E-state index contributed by atoms with van der Waals surface area (Å²) in [5.74, 6) is 0.114. The predicted molar refractivity (Wildman–Crippen MR) is 69.1 cm³/mol. The lowest BCUT2D eigenvalue weighted by Crippen LogP contribution is -2.53. The first-order valence-electron chi connectivity index (χ1n) is 7.03. The van der Waals surface area contributed by atoms with Crippen molar-refractivity contribution in [3.05, 3.63) is 0 Å². The van der Waals surface area contributed by atoms with Gasteiger partial charge in [0, 0.05) is 25.6 Å². The number of amides is 2. The Labute approximate surface area is 108 Å². The monoisotopic (exact) mass is 253 g/mol. The topological polar surface area (TPSA) is 61.4 Å². The molecule has 102 valence electrons. The molecule has 0 radical (unpaired) electrons. The fourth-order valence-corrected chi connectivity index (χ4v) is 2.81. The molecule has 2 amide bonds. The minimum absolute atomic E-state index is 0.00608. The fraction of sp³-hybridized carbons (Fsp3) is 0.846. The molecule has 2 N–H and O–H groups in total. The van der Waals surface area contributed by atoms with E-state index < -0.39 is 0 Å². The van der Waals surface area contributed by atoms with E-state index in [4.69, 9.17) is 0 Å². The summed E-state index contributed by atoms with van der Waals surface area (Å²) < 4.78 is 0. The summed E-state index contributed by atoms with van der Waals surface area (Å²) in [7, 11) is 0. The summed E-state index contributed by atoms with van der Waals surface area (Å²) in [5, 5.41) is 6.13. The Hall–Kier alpha value is -1.10. The first-order valence-corrected chi connectivity index (χ1v) is 7.03. The van der Waals surface area contributed by atoms with E-state index >= 15 is 0 Å². The van der Waals surface area contributed by atoms with Crippen LogP contribution in [0.15, 0.2) is 0 Å². The van der Waals surface area contributed by atoms with Crippen LogP contribution in [-0.4, -0.2) is 48.4 Å². The highest BCUT2D eigenvalue weighted by molar-refractivity contribution is 5.91. The second-order valence-electron chi connectivity index (χ2n) is 5.19. The minimum atomic E-state index is -0.286.